The highest BCUT2D eigenvalue weighted by atomic mass is 79.9. The van der Waals surface area contributed by atoms with Crippen LogP contribution >= 0.6 is 39.1 Å². The fourth-order valence-electron chi connectivity index (χ4n) is 1.24. The molecule has 18 heavy (non-hydrogen) atoms. The first-order valence-electron chi connectivity index (χ1n) is 4.81. The van der Waals surface area contributed by atoms with Crippen LogP contribution in [0, 0.1) is 0 Å². The van der Waals surface area contributed by atoms with Crippen LogP contribution < -0.4 is 5.32 Å². The predicted octanol–water partition coefficient (Wildman–Crippen LogP) is 3.80. The number of halogens is 3. The number of anilines is 1. The molecule has 0 saturated heterocycles. The number of nitrogens with zero attached hydrogens (tertiary/aromatic N) is 2. The van der Waals surface area contributed by atoms with Gasteiger partial charge in [-0.25, -0.2) is 9.97 Å². The molecule has 1 aromatic heterocycles. The number of rotatable bonds is 2. The van der Waals surface area contributed by atoms with Crippen molar-refractivity contribution in [2.45, 2.75) is 0 Å². The number of nitrogens with one attached hydrogen (secondary N) is 1. The van der Waals surface area contributed by atoms with E-state index in [0.29, 0.717) is 5.56 Å². The highest BCUT2D eigenvalue weighted by Gasteiger charge is 2.08. The summed E-state index contributed by atoms with van der Waals surface area (Å²) >= 11 is 14.6. The van der Waals surface area contributed by atoms with Crippen LogP contribution in [0.4, 0.5) is 5.82 Å². The molecule has 92 valence electrons. The van der Waals surface area contributed by atoms with Crippen molar-refractivity contribution in [3.63, 3.8) is 0 Å². The van der Waals surface area contributed by atoms with Crippen LogP contribution in [0.3, 0.4) is 0 Å². The van der Waals surface area contributed by atoms with Crippen LogP contribution in [0.15, 0.2) is 34.8 Å². The molecule has 0 unspecified atom stereocenters. The number of benzene rings is 1. The van der Waals surface area contributed by atoms with Gasteiger partial charge in [-0.2, -0.15) is 0 Å². The van der Waals surface area contributed by atoms with Crippen molar-refractivity contribution in [2.24, 2.45) is 0 Å². The lowest BCUT2D eigenvalue weighted by Crippen LogP contribution is -2.13. The number of amides is 1. The number of hydrogen-bond donors (Lipinski definition) is 1. The molecule has 0 radical (unpaired) electrons. The van der Waals surface area contributed by atoms with Crippen LogP contribution in [0.25, 0.3) is 0 Å². The van der Waals surface area contributed by atoms with E-state index in [2.05, 4.69) is 31.2 Å². The zero-order valence-electron chi connectivity index (χ0n) is 8.82. The van der Waals surface area contributed by atoms with E-state index >= 15 is 0 Å². The Labute approximate surface area is 121 Å². The van der Waals surface area contributed by atoms with E-state index in [4.69, 9.17) is 23.2 Å². The maximum atomic E-state index is 11.9. The van der Waals surface area contributed by atoms with Gasteiger partial charge < -0.3 is 5.32 Å². The molecule has 1 aromatic carbocycles. The first kappa shape index (κ1) is 13.3. The van der Waals surface area contributed by atoms with E-state index in [1.165, 1.54) is 6.07 Å². The smallest absolute Gasteiger partial charge is 0.256 e. The summed E-state index contributed by atoms with van der Waals surface area (Å²) in [6.07, 6.45) is 0. The van der Waals surface area contributed by atoms with Gasteiger partial charge >= 0.3 is 0 Å². The Hall–Kier alpha value is -1.17. The normalized spacial score (nSPS) is 10.2. The minimum atomic E-state index is -0.298. The third-order valence-corrected chi connectivity index (χ3v) is 2.91. The van der Waals surface area contributed by atoms with Gasteiger partial charge in [0.05, 0.1) is 0 Å². The molecule has 0 bridgehead atoms. The maximum absolute atomic E-state index is 11.9. The van der Waals surface area contributed by atoms with E-state index < -0.39 is 0 Å². The highest BCUT2D eigenvalue weighted by Crippen LogP contribution is 2.16. The zero-order chi connectivity index (χ0) is 13.1. The molecule has 0 aliphatic carbocycles. The average molecular weight is 347 g/mol. The minimum absolute atomic E-state index is 0.0198. The van der Waals surface area contributed by atoms with Crippen LogP contribution in [0.1, 0.15) is 10.4 Å². The molecule has 7 heteroatoms. The first-order valence-corrected chi connectivity index (χ1v) is 6.36. The van der Waals surface area contributed by atoms with Crippen molar-refractivity contribution in [2.75, 3.05) is 5.32 Å². The monoisotopic (exact) mass is 345 g/mol. The molecule has 0 aliphatic rings. The van der Waals surface area contributed by atoms with E-state index in [1.54, 1.807) is 24.3 Å². The predicted molar refractivity (Wildman–Crippen MR) is 74.1 cm³/mol. The largest absolute Gasteiger partial charge is 0.306 e. The summed E-state index contributed by atoms with van der Waals surface area (Å²) < 4.78 is 0.896. The molecule has 0 spiro atoms. The molecule has 1 N–H and O–H groups in total. The third-order valence-electron chi connectivity index (χ3n) is 2.02. The van der Waals surface area contributed by atoms with Crippen molar-refractivity contribution >= 4 is 50.9 Å². The lowest BCUT2D eigenvalue weighted by molar-refractivity contribution is 0.102. The molecule has 0 aliphatic heterocycles. The summed E-state index contributed by atoms with van der Waals surface area (Å²) in [5, 5.41) is 2.73. The van der Waals surface area contributed by atoms with E-state index in [-0.39, 0.29) is 22.2 Å². The quantitative estimate of drug-likeness (QED) is 0.664. The maximum Gasteiger partial charge on any atom is 0.256 e. The average Bonchev–Trinajstić information content (AvgIpc) is 2.28. The SMILES string of the molecule is O=C(Nc1cc(Cl)nc(Cl)n1)c1ccc(Br)cc1. The van der Waals surface area contributed by atoms with Crippen molar-refractivity contribution in [3.05, 3.63) is 50.8 Å². The van der Waals surface area contributed by atoms with Crippen LogP contribution in [-0.2, 0) is 0 Å². The van der Waals surface area contributed by atoms with Gasteiger partial charge in [-0.3, -0.25) is 4.79 Å². The molecule has 2 aromatic rings. The molecule has 0 fully saturated rings. The molecular weight excluding hydrogens is 341 g/mol. The molecule has 2 rings (SSSR count). The third kappa shape index (κ3) is 3.41. The summed E-state index contributed by atoms with van der Waals surface area (Å²) in [6, 6.07) is 8.33. The van der Waals surface area contributed by atoms with Gasteiger partial charge in [0.1, 0.15) is 11.0 Å². The molecule has 0 saturated carbocycles. The summed E-state index contributed by atoms with van der Waals surface area (Å²) in [7, 11) is 0. The van der Waals surface area contributed by atoms with Crippen molar-refractivity contribution in [1.29, 1.82) is 0 Å². The van der Waals surface area contributed by atoms with E-state index in [0.717, 1.165) is 4.47 Å². The van der Waals surface area contributed by atoms with Gasteiger partial charge in [0, 0.05) is 16.1 Å². The fraction of sp³-hybridized carbons (Fsp3) is 0. The molecule has 4 nitrogen and oxygen atoms in total. The van der Waals surface area contributed by atoms with Gasteiger partial charge in [0.15, 0.2) is 0 Å². The molecular formula is C11H6BrCl2N3O. The highest BCUT2D eigenvalue weighted by molar-refractivity contribution is 9.10. The number of aromatic nitrogens is 2. The number of hydrogen-bond acceptors (Lipinski definition) is 3. The second-order valence-electron chi connectivity index (χ2n) is 3.31. The Morgan fingerprint density at radius 1 is 1.17 bits per heavy atom. The Morgan fingerprint density at radius 3 is 2.44 bits per heavy atom. The van der Waals surface area contributed by atoms with Crippen molar-refractivity contribution in [3.8, 4) is 0 Å². The van der Waals surface area contributed by atoms with Crippen LogP contribution in [-0.4, -0.2) is 15.9 Å². The number of carbonyl (C=O) groups excluding carboxylic acids is 1. The second kappa shape index (κ2) is 5.65. The second-order valence-corrected chi connectivity index (χ2v) is 4.95. The fourth-order valence-corrected chi connectivity index (χ4v) is 1.92. The van der Waals surface area contributed by atoms with Gasteiger partial charge in [0.25, 0.3) is 5.91 Å². The Kier molecular flexibility index (Phi) is 4.16. The number of carbonyl (C=O) groups is 1. The van der Waals surface area contributed by atoms with Gasteiger partial charge in [0.2, 0.25) is 5.28 Å². The summed E-state index contributed by atoms with van der Waals surface area (Å²) in [6.45, 7) is 0. The molecule has 0 atom stereocenters. The van der Waals surface area contributed by atoms with Gasteiger partial charge in [-0.05, 0) is 35.9 Å². The Balaban J connectivity index is 2.18. The Bertz CT molecular complexity index is 569. The van der Waals surface area contributed by atoms with Crippen LogP contribution in [0.2, 0.25) is 10.4 Å². The zero-order valence-corrected chi connectivity index (χ0v) is 11.9. The standard InChI is InChI=1S/C11H6BrCl2N3O/c12-7-3-1-6(2-4-7)10(18)16-9-5-8(13)15-11(14)17-9/h1-5H,(H,15,16,17,18). The van der Waals surface area contributed by atoms with Crippen LogP contribution in [0.5, 0.6) is 0 Å². The van der Waals surface area contributed by atoms with Gasteiger partial charge in [-0.15, -0.1) is 0 Å². The molecule has 1 heterocycles. The minimum Gasteiger partial charge on any atom is -0.306 e. The summed E-state index contributed by atoms with van der Waals surface area (Å²) in [4.78, 5) is 19.4. The Morgan fingerprint density at radius 2 is 1.83 bits per heavy atom. The topological polar surface area (TPSA) is 54.9 Å². The van der Waals surface area contributed by atoms with E-state index in [9.17, 15) is 4.79 Å². The summed E-state index contributed by atoms with van der Waals surface area (Å²) in [5.74, 6) is -0.0405. The lowest BCUT2D eigenvalue weighted by atomic mass is 10.2. The molecule has 1 amide bonds. The summed E-state index contributed by atoms with van der Waals surface area (Å²) in [5.41, 5.74) is 0.504. The van der Waals surface area contributed by atoms with Crippen molar-refractivity contribution < 1.29 is 4.79 Å². The lowest BCUT2D eigenvalue weighted by Gasteiger charge is -2.05. The van der Waals surface area contributed by atoms with Crippen molar-refractivity contribution in [1.82, 2.24) is 9.97 Å². The van der Waals surface area contributed by atoms with Gasteiger partial charge in [-0.1, -0.05) is 27.5 Å². The van der Waals surface area contributed by atoms with E-state index in [1.807, 2.05) is 0 Å². The first-order chi connectivity index (χ1) is 8.54.